The number of non-ortho nitro benzene ring substituents is 1. The van der Waals surface area contributed by atoms with Gasteiger partial charge >= 0.3 is 11.9 Å². The zero-order valence-electron chi connectivity index (χ0n) is 24.5. The van der Waals surface area contributed by atoms with Gasteiger partial charge in [0.1, 0.15) is 12.5 Å². The summed E-state index contributed by atoms with van der Waals surface area (Å²) in [5.74, 6) is -1.50. The van der Waals surface area contributed by atoms with E-state index in [9.17, 15) is 19.7 Å². The Morgan fingerprint density at radius 1 is 0.929 bits per heavy atom. The Bertz CT molecular complexity index is 1300. The molecule has 0 saturated carbocycles. The van der Waals surface area contributed by atoms with E-state index in [1.165, 1.54) is 25.3 Å². The second-order valence-corrected chi connectivity index (χ2v) is 9.65. The van der Waals surface area contributed by atoms with Crippen LogP contribution in [0.4, 0.5) is 5.69 Å². The first-order valence-corrected chi connectivity index (χ1v) is 13.8. The van der Waals surface area contributed by atoms with Crippen LogP contribution in [0.15, 0.2) is 71.1 Å². The average molecular weight is 583 g/mol. The Morgan fingerprint density at radius 2 is 1.62 bits per heavy atom. The van der Waals surface area contributed by atoms with Gasteiger partial charge < -0.3 is 29.0 Å². The molecule has 42 heavy (non-hydrogen) atoms. The minimum absolute atomic E-state index is 0.0725. The Labute approximate surface area is 245 Å². The van der Waals surface area contributed by atoms with Crippen LogP contribution < -0.4 is 10.1 Å². The van der Waals surface area contributed by atoms with Gasteiger partial charge in [-0.25, -0.2) is 9.59 Å². The largest absolute Gasteiger partial charge is 0.493 e. The number of rotatable bonds is 16. The van der Waals surface area contributed by atoms with Crippen molar-refractivity contribution in [3.05, 3.63) is 92.3 Å². The summed E-state index contributed by atoms with van der Waals surface area (Å²) in [6.45, 7) is 7.37. The summed E-state index contributed by atoms with van der Waals surface area (Å²) in [5.41, 5.74) is 2.69. The highest BCUT2D eigenvalue weighted by Gasteiger charge is 2.38. The summed E-state index contributed by atoms with van der Waals surface area (Å²) in [4.78, 5) is 37.0. The molecule has 1 aliphatic rings. The number of carbonyl (C=O) groups excluding carboxylic acids is 2. The minimum Gasteiger partial charge on any atom is -0.493 e. The van der Waals surface area contributed by atoms with E-state index in [1.807, 2.05) is 31.2 Å². The molecule has 0 amide bonds. The lowest BCUT2D eigenvalue weighted by atomic mass is 9.80. The smallest absolute Gasteiger partial charge is 0.336 e. The van der Waals surface area contributed by atoms with E-state index >= 15 is 0 Å². The lowest BCUT2D eigenvalue weighted by Gasteiger charge is -2.30. The number of nitro benzene ring substituents is 1. The van der Waals surface area contributed by atoms with Gasteiger partial charge in [0.2, 0.25) is 0 Å². The lowest BCUT2D eigenvalue weighted by molar-refractivity contribution is -0.384. The molecule has 11 nitrogen and oxygen atoms in total. The van der Waals surface area contributed by atoms with Crippen molar-refractivity contribution in [1.82, 2.24) is 5.32 Å². The summed E-state index contributed by atoms with van der Waals surface area (Å²) in [5, 5.41) is 14.5. The first-order chi connectivity index (χ1) is 20.3. The zero-order valence-corrected chi connectivity index (χ0v) is 24.5. The molecule has 2 aromatic carbocycles. The molecule has 1 atom stereocenters. The minimum atomic E-state index is -0.907. The van der Waals surface area contributed by atoms with Gasteiger partial charge in [-0.15, -0.1) is 0 Å². The van der Waals surface area contributed by atoms with Crippen LogP contribution in [0.5, 0.6) is 5.75 Å². The number of carbonyl (C=O) groups is 2. The number of esters is 2. The summed E-state index contributed by atoms with van der Waals surface area (Å²) >= 11 is 0. The Kier molecular flexibility index (Phi) is 12.5. The van der Waals surface area contributed by atoms with E-state index in [0.717, 1.165) is 18.4 Å². The second kappa shape index (κ2) is 16.3. The average Bonchev–Trinajstić information content (AvgIpc) is 2.98. The second-order valence-electron chi connectivity index (χ2n) is 9.65. The Morgan fingerprint density at radius 3 is 2.29 bits per heavy atom. The van der Waals surface area contributed by atoms with Gasteiger partial charge in [-0.1, -0.05) is 31.2 Å². The molecule has 0 aromatic heterocycles. The molecular weight excluding hydrogens is 544 g/mol. The number of ether oxygens (including phenoxy) is 5. The van der Waals surface area contributed by atoms with Crippen molar-refractivity contribution in [3.8, 4) is 5.75 Å². The van der Waals surface area contributed by atoms with E-state index in [0.29, 0.717) is 55.7 Å². The third-order valence-electron chi connectivity index (χ3n) is 6.56. The Balaban J connectivity index is 1.57. The molecule has 0 radical (unpaired) electrons. The van der Waals surface area contributed by atoms with Crippen LogP contribution in [0, 0.1) is 10.1 Å². The van der Waals surface area contributed by atoms with Gasteiger partial charge in [0.25, 0.3) is 5.69 Å². The summed E-state index contributed by atoms with van der Waals surface area (Å²) in [7, 11) is 1.24. The number of hydrogen-bond donors (Lipinski definition) is 1. The molecule has 3 rings (SSSR count). The summed E-state index contributed by atoms with van der Waals surface area (Å²) in [6, 6.07) is 13.5. The number of nitrogens with one attached hydrogen (secondary N) is 1. The monoisotopic (exact) mass is 582 g/mol. The fourth-order valence-corrected chi connectivity index (χ4v) is 4.55. The van der Waals surface area contributed by atoms with Gasteiger partial charge in [-0.05, 0) is 49.9 Å². The third-order valence-corrected chi connectivity index (χ3v) is 6.56. The maximum atomic E-state index is 13.3. The third kappa shape index (κ3) is 8.89. The first kappa shape index (κ1) is 32.3. The molecule has 0 saturated heterocycles. The van der Waals surface area contributed by atoms with Crippen molar-refractivity contribution in [2.45, 2.75) is 46.0 Å². The number of nitrogens with zero attached hydrogens (tertiary/aromatic N) is 1. The van der Waals surface area contributed by atoms with E-state index < -0.39 is 22.8 Å². The quantitative estimate of drug-likeness (QED) is 0.0951. The summed E-state index contributed by atoms with van der Waals surface area (Å²) in [6.07, 6.45) is 2.15. The van der Waals surface area contributed by atoms with E-state index in [2.05, 4.69) is 5.32 Å². The number of methoxy groups -OCH3 is 1. The van der Waals surface area contributed by atoms with Crippen LogP contribution in [0.25, 0.3) is 0 Å². The molecule has 2 aromatic rings. The van der Waals surface area contributed by atoms with Crippen LogP contribution in [-0.4, -0.2) is 57.2 Å². The molecule has 0 fully saturated rings. The molecule has 1 aliphatic heterocycles. The standard InChI is InChI=1S/C31H38N2O9/c1-5-15-39-20-40-18-14-23-10-12-26(13-11-23)41-16-7-17-42-31(35)28-22(3)32-21(2)27(30(34)38-4)29(28)24-8-6-9-25(19-24)33(36)37/h6,8-13,19,29,32H,5,7,14-18,20H2,1-4H3. The number of allylic oxidation sites excluding steroid dienone is 2. The topological polar surface area (TPSA) is 135 Å². The maximum Gasteiger partial charge on any atom is 0.336 e. The van der Waals surface area contributed by atoms with Crippen LogP contribution in [0.2, 0.25) is 0 Å². The molecular formula is C31H38N2O9. The molecule has 0 bridgehead atoms. The zero-order chi connectivity index (χ0) is 30.5. The van der Waals surface area contributed by atoms with Gasteiger partial charge in [-0.2, -0.15) is 0 Å². The van der Waals surface area contributed by atoms with E-state index in [-0.39, 0.29) is 23.4 Å². The normalized spacial score (nSPS) is 14.8. The molecule has 11 heteroatoms. The van der Waals surface area contributed by atoms with Crippen LogP contribution >= 0.6 is 0 Å². The van der Waals surface area contributed by atoms with E-state index in [1.54, 1.807) is 19.9 Å². The van der Waals surface area contributed by atoms with Gasteiger partial charge in [0.15, 0.2) is 0 Å². The SMILES string of the molecule is CCCOCOCCc1ccc(OCCCOC(=O)C2=C(C)NC(C)=C(C(=O)OC)C2c2cccc([N+](=O)[O-])c2)cc1. The van der Waals surface area contributed by atoms with E-state index in [4.69, 9.17) is 23.7 Å². The van der Waals surface area contributed by atoms with Crippen LogP contribution in [0.3, 0.4) is 0 Å². The van der Waals surface area contributed by atoms with Crippen molar-refractivity contribution in [3.63, 3.8) is 0 Å². The molecule has 226 valence electrons. The molecule has 1 unspecified atom stereocenters. The number of hydrogen-bond acceptors (Lipinski definition) is 10. The van der Waals surface area contributed by atoms with Gasteiger partial charge in [0.05, 0.1) is 48.9 Å². The van der Waals surface area contributed by atoms with Crippen molar-refractivity contribution in [2.75, 3.05) is 40.3 Å². The summed E-state index contributed by atoms with van der Waals surface area (Å²) < 4.78 is 27.1. The maximum absolute atomic E-state index is 13.3. The molecule has 1 N–H and O–H groups in total. The lowest BCUT2D eigenvalue weighted by Crippen LogP contribution is -2.32. The first-order valence-electron chi connectivity index (χ1n) is 13.8. The predicted octanol–water partition coefficient (Wildman–Crippen LogP) is 4.96. The number of dihydropyridines is 1. The highest BCUT2D eigenvalue weighted by molar-refractivity contribution is 5.99. The Hall–Kier alpha value is -4.22. The highest BCUT2D eigenvalue weighted by Crippen LogP contribution is 2.40. The van der Waals surface area contributed by atoms with Crippen molar-refractivity contribution in [1.29, 1.82) is 0 Å². The number of nitro groups is 1. The van der Waals surface area contributed by atoms with Gasteiger partial charge in [-0.3, -0.25) is 10.1 Å². The van der Waals surface area contributed by atoms with Gasteiger partial charge in [0, 0.05) is 36.6 Å². The van der Waals surface area contributed by atoms with Crippen LogP contribution in [-0.2, 0) is 35.0 Å². The molecule has 0 aliphatic carbocycles. The van der Waals surface area contributed by atoms with Crippen molar-refractivity contribution in [2.24, 2.45) is 0 Å². The predicted molar refractivity (Wildman–Crippen MR) is 155 cm³/mol. The molecule has 1 heterocycles. The highest BCUT2D eigenvalue weighted by atomic mass is 16.7. The van der Waals surface area contributed by atoms with Crippen molar-refractivity contribution < 1.29 is 38.2 Å². The fourth-order valence-electron chi connectivity index (χ4n) is 4.55. The van der Waals surface area contributed by atoms with Crippen molar-refractivity contribution >= 4 is 17.6 Å². The van der Waals surface area contributed by atoms with Crippen LogP contribution in [0.1, 0.15) is 50.7 Å². The molecule has 0 spiro atoms. The number of benzene rings is 2. The fraction of sp³-hybridized carbons (Fsp3) is 0.419.